The summed E-state index contributed by atoms with van der Waals surface area (Å²) in [6, 6.07) is 4.32. The molecule has 0 aliphatic carbocycles. The van der Waals surface area contributed by atoms with E-state index in [1.807, 2.05) is 37.3 Å². The van der Waals surface area contributed by atoms with Crippen molar-refractivity contribution in [3.63, 3.8) is 0 Å². The van der Waals surface area contributed by atoms with Gasteiger partial charge in [0.15, 0.2) is 5.96 Å². The molecule has 6 unspecified atom stereocenters. The molecule has 0 bridgehead atoms. The molecule has 3 rings (SSSR count). The number of aliphatic imine (C=N–C) groups is 1. The molecule has 2 heterocycles. The Bertz CT molecular complexity index is 1350. The maximum atomic E-state index is 14.1. The number of carboxylic acids is 1. The lowest BCUT2D eigenvalue weighted by Crippen LogP contribution is -2.58. The molecular formula is C33H51N9O7. The fraction of sp³-hybridized carbons (Fsp3) is 0.606. The largest absolute Gasteiger partial charge is 0.480 e. The molecular weight excluding hydrogens is 634 g/mol. The van der Waals surface area contributed by atoms with Crippen LogP contribution >= 0.6 is 0 Å². The lowest BCUT2D eigenvalue weighted by Gasteiger charge is -2.31. The molecule has 270 valence electrons. The molecule has 0 saturated carbocycles. The second kappa shape index (κ2) is 18.7. The lowest BCUT2D eigenvalue weighted by molar-refractivity contribution is -0.146. The third kappa shape index (κ3) is 11.2. The zero-order chi connectivity index (χ0) is 36.1. The van der Waals surface area contributed by atoms with Crippen molar-refractivity contribution in [1.82, 2.24) is 25.8 Å². The molecule has 2 aliphatic rings. The Balaban J connectivity index is 1.69. The van der Waals surface area contributed by atoms with Gasteiger partial charge in [0.1, 0.15) is 24.2 Å². The second-order valence-electron chi connectivity index (χ2n) is 12.7. The first-order chi connectivity index (χ1) is 23.3. The van der Waals surface area contributed by atoms with Gasteiger partial charge < -0.3 is 48.1 Å². The van der Waals surface area contributed by atoms with E-state index in [2.05, 4.69) is 20.9 Å². The maximum Gasteiger partial charge on any atom is 0.326 e. The van der Waals surface area contributed by atoms with Crippen molar-refractivity contribution in [2.45, 2.75) is 95.4 Å². The highest BCUT2D eigenvalue weighted by Gasteiger charge is 2.41. The van der Waals surface area contributed by atoms with Gasteiger partial charge in [-0.25, -0.2) is 4.79 Å². The summed E-state index contributed by atoms with van der Waals surface area (Å²) in [5.74, 6) is -4.05. The minimum absolute atomic E-state index is 0.0561. The topological polar surface area (TPSA) is 256 Å². The van der Waals surface area contributed by atoms with Crippen molar-refractivity contribution in [3.05, 3.63) is 35.9 Å². The Labute approximate surface area is 286 Å². The highest BCUT2D eigenvalue weighted by Crippen LogP contribution is 2.22. The van der Waals surface area contributed by atoms with Gasteiger partial charge in [0, 0.05) is 26.1 Å². The van der Waals surface area contributed by atoms with E-state index in [4.69, 9.17) is 17.2 Å². The molecule has 10 N–H and O–H groups in total. The smallest absolute Gasteiger partial charge is 0.326 e. The van der Waals surface area contributed by atoms with Crippen molar-refractivity contribution in [3.8, 4) is 0 Å². The average molecular weight is 686 g/mol. The molecule has 16 heteroatoms. The van der Waals surface area contributed by atoms with Crippen LogP contribution in [0, 0.1) is 5.92 Å². The van der Waals surface area contributed by atoms with Crippen molar-refractivity contribution in [2.75, 3.05) is 26.2 Å². The van der Waals surface area contributed by atoms with E-state index in [1.54, 1.807) is 6.92 Å². The van der Waals surface area contributed by atoms with E-state index >= 15 is 0 Å². The molecule has 0 aromatic heterocycles. The van der Waals surface area contributed by atoms with E-state index in [9.17, 15) is 33.9 Å². The van der Waals surface area contributed by atoms with Gasteiger partial charge in [0.05, 0.1) is 12.6 Å². The third-order valence-corrected chi connectivity index (χ3v) is 9.11. The molecule has 0 spiro atoms. The molecule has 2 aliphatic heterocycles. The number of hydrogen-bond acceptors (Lipinski definition) is 8. The van der Waals surface area contributed by atoms with Gasteiger partial charge in [-0.05, 0) is 50.0 Å². The molecule has 1 aromatic carbocycles. The number of amides is 5. The summed E-state index contributed by atoms with van der Waals surface area (Å²) in [5, 5.41) is 17.7. The summed E-state index contributed by atoms with van der Waals surface area (Å²) in [6.07, 6.45) is 3.26. The molecule has 16 nitrogen and oxygen atoms in total. The number of aliphatic carboxylic acids is 1. The molecule has 0 radical (unpaired) electrons. The second-order valence-corrected chi connectivity index (χ2v) is 12.7. The predicted molar refractivity (Wildman–Crippen MR) is 181 cm³/mol. The van der Waals surface area contributed by atoms with Gasteiger partial charge in [-0.15, -0.1) is 0 Å². The van der Waals surface area contributed by atoms with Crippen molar-refractivity contribution < 1.29 is 33.9 Å². The van der Waals surface area contributed by atoms with E-state index < -0.39 is 65.7 Å². The standard InChI is InChI=1S/C33H51N9O7/c1-3-20(2)27(32(48)49)40-30(46)25-14-9-17-42(25)31(47)23(18-21-10-5-4-6-11-21)39-29(45)24-13-8-16-41(24)26(43)19-38-28(44)22(34)12-7-15-37-33(35)36/h4-6,10-11,20,22-25,27H,3,7-9,12-19,34H2,1-2H3,(H,38,44)(H,39,45)(H,40,46)(H,48,49)(H4,35,36,37). The molecule has 1 aromatic rings. The number of carbonyl (C=O) groups is 6. The van der Waals surface area contributed by atoms with Crippen LogP contribution in [0.1, 0.15) is 64.4 Å². The molecule has 5 amide bonds. The van der Waals surface area contributed by atoms with Gasteiger partial charge in [0.25, 0.3) is 0 Å². The highest BCUT2D eigenvalue weighted by atomic mass is 16.4. The summed E-state index contributed by atoms with van der Waals surface area (Å²) >= 11 is 0. The van der Waals surface area contributed by atoms with E-state index in [1.165, 1.54) is 9.80 Å². The Hall–Kier alpha value is -4.73. The van der Waals surface area contributed by atoms with Crippen LogP contribution in [0.2, 0.25) is 0 Å². The summed E-state index contributed by atoms with van der Waals surface area (Å²) in [7, 11) is 0. The van der Waals surface area contributed by atoms with E-state index in [0.717, 1.165) is 5.56 Å². The molecule has 2 saturated heterocycles. The van der Waals surface area contributed by atoms with Crippen LogP contribution in [-0.2, 0) is 35.2 Å². The number of likely N-dealkylation sites (tertiary alicyclic amines) is 2. The average Bonchev–Trinajstić information content (AvgIpc) is 3.78. The van der Waals surface area contributed by atoms with Gasteiger partial charge >= 0.3 is 5.97 Å². The molecule has 2 fully saturated rings. The number of nitrogens with one attached hydrogen (secondary N) is 3. The minimum Gasteiger partial charge on any atom is -0.480 e. The van der Waals surface area contributed by atoms with E-state index in [0.29, 0.717) is 58.0 Å². The summed E-state index contributed by atoms with van der Waals surface area (Å²) in [4.78, 5) is 85.2. The SMILES string of the molecule is CCC(C)C(NC(=O)C1CCCN1C(=O)C(Cc1ccccc1)NC(=O)C1CCCN1C(=O)CNC(=O)C(N)CCCN=C(N)N)C(=O)O. The normalized spacial score (nSPS) is 19.7. The number of guanidine groups is 1. The first-order valence-corrected chi connectivity index (χ1v) is 16.9. The van der Waals surface area contributed by atoms with E-state index in [-0.39, 0.29) is 31.4 Å². The third-order valence-electron chi connectivity index (χ3n) is 9.11. The van der Waals surface area contributed by atoms with Crippen LogP contribution in [0.4, 0.5) is 0 Å². The lowest BCUT2D eigenvalue weighted by atomic mass is 9.98. The first-order valence-electron chi connectivity index (χ1n) is 16.9. The van der Waals surface area contributed by atoms with Gasteiger partial charge in [-0.3, -0.25) is 29.0 Å². The van der Waals surface area contributed by atoms with Crippen molar-refractivity contribution >= 4 is 41.5 Å². The highest BCUT2D eigenvalue weighted by molar-refractivity contribution is 5.96. The van der Waals surface area contributed by atoms with Gasteiger partial charge in [0.2, 0.25) is 29.5 Å². The van der Waals surface area contributed by atoms with Gasteiger partial charge in [-0.1, -0.05) is 50.6 Å². The quantitative estimate of drug-likeness (QED) is 0.0586. The fourth-order valence-corrected chi connectivity index (χ4v) is 6.14. The maximum absolute atomic E-state index is 14.1. The van der Waals surface area contributed by atoms with Crippen LogP contribution in [-0.4, -0.2) is 113 Å². The molecule has 6 atom stereocenters. The number of benzene rings is 1. The molecule has 49 heavy (non-hydrogen) atoms. The van der Waals surface area contributed by atoms with Crippen LogP contribution < -0.4 is 33.2 Å². The number of carbonyl (C=O) groups excluding carboxylic acids is 5. The summed E-state index contributed by atoms with van der Waals surface area (Å²) in [5.41, 5.74) is 17.3. The van der Waals surface area contributed by atoms with Crippen LogP contribution in [0.5, 0.6) is 0 Å². The Morgan fingerprint density at radius 3 is 2.18 bits per heavy atom. The Morgan fingerprint density at radius 2 is 1.57 bits per heavy atom. The zero-order valence-corrected chi connectivity index (χ0v) is 28.3. The van der Waals surface area contributed by atoms with Gasteiger partial charge in [-0.2, -0.15) is 0 Å². The number of nitrogens with two attached hydrogens (primary N) is 3. The number of nitrogens with zero attached hydrogens (tertiary/aromatic N) is 3. The Kier molecular flexibility index (Phi) is 14.8. The Morgan fingerprint density at radius 1 is 0.959 bits per heavy atom. The zero-order valence-electron chi connectivity index (χ0n) is 28.3. The minimum atomic E-state index is -1.15. The first kappa shape index (κ1) is 38.7. The monoisotopic (exact) mass is 685 g/mol. The summed E-state index contributed by atoms with van der Waals surface area (Å²) in [6.45, 7) is 4.10. The van der Waals surface area contributed by atoms with Crippen LogP contribution in [0.25, 0.3) is 0 Å². The number of carboxylic acid groups (broad SMARTS) is 1. The predicted octanol–water partition coefficient (Wildman–Crippen LogP) is -1.19. The van der Waals surface area contributed by atoms with Crippen molar-refractivity contribution in [1.29, 1.82) is 0 Å². The van der Waals surface area contributed by atoms with Crippen LogP contribution in [0.15, 0.2) is 35.3 Å². The fourth-order valence-electron chi connectivity index (χ4n) is 6.14. The van der Waals surface area contributed by atoms with Crippen molar-refractivity contribution in [2.24, 2.45) is 28.1 Å². The number of rotatable bonds is 17. The summed E-state index contributed by atoms with van der Waals surface area (Å²) < 4.78 is 0. The number of hydrogen-bond donors (Lipinski definition) is 7. The van der Waals surface area contributed by atoms with Crippen LogP contribution in [0.3, 0.4) is 0 Å².